The molecule has 1 N–H and O–H groups in total. The van der Waals surface area contributed by atoms with Crippen LogP contribution in [0, 0.1) is 58.2 Å². The van der Waals surface area contributed by atoms with E-state index in [4.69, 9.17) is 4.74 Å². The topological polar surface area (TPSA) is 63.6 Å². The number of hydrogen-bond donors (Lipinski definition) is 1. The summed E-state index contributed by atoms with van der Waals surface area (Å²) in [5.74, 6) is 5.10. The fourth-order valence-electron chi connectivity index (χ4n) is 11.8. The summed E-state index contributed by atoms with van der Waals surface area (Å²) in [6.07, 6.45) is 34.9. The molecule has 5 aliphatic rings. The number of allylic oxidation sites excluding steroid dienone is 6. The molecule has 0 bridgehead atoms. The summed E-state index contributed by atoms with van der Waals surface area (Å²) < 4.78 is 6.11. The zero-order chi connectivity index (χ0) is 36.6. The number of aliphatic hydroxyl groups is 1. The fourth-order valence-corrected chi connectivity index (χ4v) is 11.8. The lowest BCUT2D eigenvalue weighted by atomic mass is 9.47. The average Bonchev–Trinajstić information content (AvgIpc) is 3.63. The molecule has 4 nitrogen and oxygen atoms in total. The number of unbranched alkanes of at least 4 members (excludes halogenated alkanes) is 3. The highest BCUT2D eigenvalue weighted by Gasteiger charge is 2.59. The Morgan fingerprint density at radius 2 is 1.80 bits per heavy atom. The van der Waals surface area contributed by atoms with Gasteiger partial charge in [-0.15, -0.1) is 0 Å². The zero-order valence-corrected chi connectivity index (χ0v) is 33.4. The van der Waals surface area contributed by atoms with Gasteiger partial charge in [0.15, 0.2) is 5.78 Å². The lowest BCUT2D eigenvalue weighted by molar-refractivity contribution is -0.151. The molecule has 0 amide bonds. The monoisotopic (exact) mass is 703 g/mol. The van der Waals surface area contributed by atoms with Crippen molar-refractivity contribution in [2.75, 3.05) is 0 Å². The number of carbonyl (C=O) groups is 2. The Bertz CT molecular complexity index is 1270. The lowest BCUT2D eigenvalue weighted by Crippen LogP contribution is -2.51. The highest BCUT2D eigenvalue weighted by Crippen LogP contribution is 2.67. The van der Waals surface area contributed by atoms with Gasteiger partial charge in [0.1, 0.15) is 6.10 Å². The first-order chi connectivity index (χ1) is 24.5. The predicted octanol–water partition coefficient (Wildman–Crippen LogP) is 11.9. The Morgan fingerprint density at radius 1 is 0.980 bits per heavy atom. The number of carbonyl (C=O) groups excluding carboxylic acids is 2. The maximum absolute atomic E-state index is 12.9. The fraction of sp³-hybridized carbons (Fsp3) is 0.787. The smallest absolute Gasteiger partial charge is 0.306 e. The van der Waals surface area contributed by atoms with E-state index in [1.54, 1.807) is 11.6 Å². The summed E-state index contributed by atoms with van der Waals surface area (Å²) in [5, 5.41) is 10.2. The van der Waals surface area contributed by atoms with Crippen molar-refractivity contribution in [1.29, 1.82) is 0 Å². The van der Waals surface area contributed by atoms with Crippen LogP contribution in [-0.4, -0.2) is 29.1 Å². The van der Waals surface area contributed by atoms with E-state index in [-0.39, 0.29) is 35.1 Å². The minimum Gasteiger partial charge on any atom is -0.462 e. The number of aliphatic hydroxyl groups excluding tert-OH is 1. The van der Waals surface area contributed by atoms with Gasteiger partial charge < -0.3 is 9.84 Å². The molecule has 0 aromatic carbocycles. The van der Waals surface area contributed by atoms with Gasteiger partial charge in [0.2, 0.25) is 0 Å². The second-order valence-electron chi connectivity index (χ2n) is 18.6. The highest BCUT2D eigenvalue weighted by molar-refractivity contribution is 5.95. The van der Waals surface area contributed by atoms with Gasteiger partial charge in [0.05, 0.1) is 6.10 Å². The van der Waals surface area contributed by atoms with E-state index in [9.17, 15) is 14.7 Å². The van der Waals surface area contributed by atoms with Crippen LogP contribution in [0.2, 0.25) is 0 Å². The van der Waals surface area contributed by atoms with Crippen molar-refractivity contribution < 1.29 is 19.4 Å². The molecular formula is C47H74O4. The van der Waals surface area contributed by atoms with Crippen molar-refractivity contribution in [2.45, 2.75) is 176 Å². The highest BCUT2D eigenvalue weighted by atomic mass is 16.5. The third kappa shape index (κ3) is 9.79. The van der Waals surface area contributed by atoms with Crippen LogP contribution in [0.15, 0.2) is 48.1 Å². The van der Waals surface area contributed by atoms with Crippen molar-refractivity contribution in [1.82, 2.24) is 0 Å². The van der Waals surface area contributed by atoms with Crippen LogP contribution >= 0.6 is 0 Å². The number of hydrogen-bond acceptors (Lipinski definition) is 4. The molecule has 0 unspecified atom stereocenters. The molecule has 0 aromatic heterocycles. The lowest BCUT2D eigenvalue weighted by Gasteiger charge is -2.58. The van der Waals surface area contributed by atoms with Gasteiger partial charge in [-0.1, -0.05) is 122 Å². The zero-order valence-electron chi connectivity index (χ0n) is 33.4. The first kappa shape index (κ1) is 40.2. The van der Waals surface area contributed by atoms with Crippen LogP contribution in [0.1, 0.15) is 164 Å². The van der Waals surface area contributed by atoms with Crippen LogP contribution in [0.3, 0.4) is 0 Å². The van der Waals surface area contributed by atoms with Gasteiger partial charge in [-0.3, -0.25) is 9.59 Å². The second-order valence-corrected chi connectivity index (χ2v) is 18.6. The van der Waals surface area contributed by atoms with Crippen molar-refractivity contribution >= 4 is 11.8 Å². The maximum Gasteiger partial charge on any atom is 0.306 e. The standard InChI is InChI=1S/C47H74O4/c1-7-8-11-18-37(48)22-24-39-35(20-27-44(39)49)17-12-9-10-13-19-45(50)51-38-28-30-46(5)36(32-38)21-23-40-42-26-25-41(34(4)16-14-15-33(2)3)47(42,6)31-29-43(40)46/h9,12,20-22,24,27,33-35,37-43,48H,7-8,10-11,13-19,23,25-26,28-32H2,1-6H3/b12-9-,24-22+/t34-,35+,37+,38+,39-,40+,41-,42+,43+,46+,47-/m1/s1. The first-order valence-corrected chi connectivity index (χ1v) is 21.6. The third-order valence-electron chi connectivity index (χ3n) is 14.8. The summed E-state index contributed by atoms with van der Waals surface area (Å²) in [6.45, 7) is 14.7. The number of rotatable bonds is 18. The maximum atomic E-state index is 12.9. The molecular weight excluding hydrogens is 629 g/mol. The van der Waals surface area contributed by atoms with Crippen LogP contribution in [0.25, 0.3) is 0 Å². The molecule has 51 heavy (non-hydrogen) atoms. The molecule has 4 heteroatoms. The number of esters is 1. The molecule has 0 heterocycles. The molecule has 0 aromatic rings. The summed E-state index contributed by atoms with van der Waals surface area (Å²) in [7, 11) is 0. The molecule has 0 aliphatic heterocycles. The summed E-state index contributed by atoms with van der Waals surface area (Å²) in [6, 6.07) is 0. The molecule has 0 spiro atoms. The molecule has 5 rings (SSSR count). The van der Waals surface area contributed by atoms with Gasteiger partial charge in [-0.2, -0.15) is 0 Å². The van der Waals surface area contributed by atoms with E-state index in [1.807, 2.05) is 18.2 Å². The Hall–Kier alpha value is -1.94. The Labute approximate surface area is 312 Å². The van der Waals surface area contributed by atoms with E-state index >= 15 is 0 Å². The van der Waals surface area contributed by atoms with E-state index in [0.29, 0.717) is 11.8 Å². The Kier molecular flexibility index (Phi) is 14.5. The first-order valence-electron chi connectivity index (χ1n) is 21.6. The molecule has 11 atom stereocenters. The van der Waals surface area contributed by atoms with Crippen LogP contribution in [0.4, 0.5) is 0 Å². The van der Waals surface area contributed by atoms with Crippen molar-refractivity contribution in [3.05, 3.63) is 48.1 Å². The number of ether oxygens (including phenoxy) is 1. The SMILES string of the molecule is CCCCC[C@H](O)/C=C/[C@H]1C(=O)C=C[C@@H]1C/C=C\CCCC(=O)O[C@H]1CC[C@@]2(C)C(=CC[C@H]3[C@@H]4CC[C@H]([C@H](C)CCCC(C)C)[C@@]4(C)CC[C@@H]32)C1. The average molecular weight is 703 g/mol. The molecule has 0 radical (unpaired) electrons. The van der Waals surface area contributed by atoms with Crippen molar-refractivity contribution in [3.8, 4) is 0 Å². The normalized spacial score (nSPS) is 36.0. The second kappa shape index (κ2) is 18.4. The molecule has 3 fully saturated rings. The predicted molar refractivity (Wildman–Crippen MR) is 211 cm³/mol. The quantitative estimate of drug-likeness (QED) is 0.0877. The molecule has 0 saturated heterocycles. The van der Waals surface area contributed by atoms with E-state index in [2.05, 4.69) is 59.8 Å². The summed E-state index contributed by atoms with van der Waals surface area (Å²) in [5.41, 5.74) is 2.39. The van der Waals surface area contributed by atoms with Gasteiger partial charge in [-0.05, 0) is 129 Å². The summed E-state index contributed by atoms with van der Waals surface area (Å²) >= 11 is 0. The molecule has 286 valence electrons. The minimum absolute atomic E-state index is 0.0298. The Balaban J connectivity index is 1.03. The van der Waals surface area contributed by atoms with Crippen LogP contribution in [-0.2, 0) is 14.3 Å². The third-order valence-corrected chi connectivity index (χ3v) is 14.8. The summed E-state index contributed by atoms with van der Waals surface area (Å²) in [4.78, 5) is 25.3. The molecule has 3 saturated carbocycles. The van der Waals surface area contributed by atoms with Gasteiger partial charge >= 0.3 is 5.97 Å². The van der Waals surface area contributed by atoms with E-state index in [1.165, 1.54) is 51.4 Å². The van der Waals surface area contributed by atoms with Crippen LogP contribution in [0.5, 0.6) is 0 Å². The number of ketones is 1. The van der Waals surface area contributed by atoms with E-state index < -0.39 is 6.10 Å². The largest absolute Gasteiger partial charge is 0.462 e. The number of fused-ring (bicyclic) bond motifs is 5. The van der Waals surface area contributed by atoms with E-state index in [0.717, 1.165) is 99.7 Å². The van der Waals surface area contributed by atoms with Gasteiger partial charge in [0.25, 0.3) is 0 Å². The minimum atomic E-state index is -0.475. The Morgan fingerprint density at radius 3 is 2.59 bits per heavy atom. The van der Waals surface area contributed by atoms with Gasteiger partial charge in [-0.25, -0.2) is 0 Å². The van der Waals surface area contributed by atoms with Crippen molar-refractivity contribution in [3.63, 3.8) is 0 Å². The van der Waals surface area contributed by atoms with Crippen molar-refractivity contribution in [2.24, 2.45) is 58.2 Å². The van der Waals surface area contributed by atoms with Gasteiger partial charge in [0, 0.05) is 18.8 Å². The van der Waals surface area contributed by atoms with Crippen LogP contribution < -0.4 is 0 Å². The molecule has 5 aliphatic carbocycles.